The largest absolute Gasteiger partial charge is 0.391 e. The van der Waals surface area contributed by atoms with E-state index in [-0.39, 0.29) is 25.5 Å². The summed E-state index contributed by atoms with van der Waals surface area (Å²) in [5.74, 6) is -1.36. The minimum atomic E-state index is -3.75. The van der Waals surface area contributed by atoms with Crippen LogP contribution < -0.4 is 21.1 Å². The molecule has 0 aliphatic rings. The van der Waals surface area contributed by atoms with E-state index in [1.165, 1.54) is 6.92 Å². The first kappa shape index (κ1) is 27.5. The van der Waals surface area contributed by atoms with Gasteiger partial charge < -0.3 is 21.5 Å². The Labute approximate surface area is 191 Å². The molecule has 7 N–H and O–H groups in total. The molecule has 0 fully saturated rings. The Morgan fingerprint density at radius 2 is 1.75 bits per heavy atom. The van der Waals surface area contributed by atoms with E-state index in [2.05, 4.69) is 15.4 Å². The highest BCUT2D eigenvalue weighted by Gasteiger charge is 2.31. The molecule has 0 radical (unpaired) electrons. The van der Waals surface area contributed by atoms with E-state index in [1.54, 1.807) is 31.2 Å². The fraction of sp³-hybridized carbons (Fsp3) is 0.571. The number of nitrogens with one attached hydrogen (secondary N) is 4. The van der Waals surface area contributed by atoms with E-state index >= 15 is 0 Å². The molecule has 1 aromatic rings. The van der Waals surface area contributed by atoms with Gasteiger partial charge in [0.2, 0.25) is 21.8 Å². The van der Waals surface area contributed by atoms with Crippen molar-refractivity contribution in [3.63, 3.8) is 0 Å². The lowest BCUT2D eigenvalue weighted by atomic mass is 10.0. The number of hydrogen-bond donors (Lipinski definition) is 6. The van der Waals surface area contributed by atoms with E-state index in [1.807, 2.05) is 13.8 Å². The number of amidine groups is 1. The van der Waals surface area contributed by atoms with E-state index in [0.29, 0.717) is 18.4 Å². The highest BCUT2D eigenvalue weighted by atomic mass is 32.2. The van der Waals surface area contributed by atoms with Gasteiger partial charge in [0, 0.05) is 13.5 Å². The first-order chi connectivity index (χ1) is 14.9. The third-order valence-electron chi connectivity index (χ3n) is 4.62. The summed E-state index contributed by atoms with van der Waals surface area (Å²) in [4.78, 5) is 25.5. The van der Waals surface area contributed by atoms with Crippen LogP contribution in [0.2, 0.25) is 0 Å². The normalized spacial score (nSPS) is 14.4. The standard InChI is InChI=1S/C21H35N5O5S.H2/c1-5-10-32(30,31)26-18(14(4)27)21(29)25-17(11-13(2)3)20(28)24-12-15-6-8-16(9-7-15)19(22)23;/h6-9,13-14,17-18,26-27H,5,10-12H2,1-4H3,(H3,22,23)(H,24,28)(H,25,29);1H/t14?,17-,18+;/m0./s1. The number of carbonyl (C=O) groups is 2. The maximum Gasteiger partial charge on any atom is 0.242 e. The number of amides is 2. The highest BCUT2D eigenvalue weighted by molar-refractivity contribution is 7.89. The van der Waals surface area contributed by atoms with Gasteiger partial charge >= 0.3 is 0 Å². The summed E-state index contributed by atoms with van der Waals surface area (Å²) < 4.78 is 26.4. The second-order valence-electron chi connectivity index (χ2n) is 8.17. The summed E-state index contributed by atoms with van der Waals surface area (Å²) in [5, 5.41) is 22.7. The van der Waals surface area contributed by atoms with Crippen LogP contribution in [0, 0.1) is 11.3 Å². The van der Waals surface area contributed by atoms with Gasteiger partial charge in [0.05, 0.1) is 11.9 Å². The molecule has 182 valence electrons. The van der Waals surface area contributed by atoms with Crippen molar-refractivity contribution < 1.29 is 24.5 Å². The Bertz CT molecular complexity index is 891. The van der Waals surface area contributed by atoms with E-state index < -0.39 is 40.0 Å². The lowest BCUT2D eigenvalue weighted by Gasteiger charge is -2.25. The Morgan fingerprint density at radius 1 is 1.16 bits per heavy atom. The molecule has 3 atom stereocenters. The van der Waals surface area contributed by atoms with Crippen LogP contribution in [0.4, 0.5) is 0 Å². The fourth-order valence-corrected chi connectivity index (χ4v) is 4.32. The van der Waals surface area contributed by atoms with Crippen molar-refractivity contribution in [3.05, 3.63) is 35.4 Å². The smallest absolute Gasteiger partial charge is 0.242 e. The van der Waals surface area contributed by atoms with Crippen LogP contribution in [-0.2, 0) is 26.2 Å². The molecule has 11 heteroatoms. The third kappa shape index (κ3) is 9.33. The van der Waals surface area contributed by atoms with Crippen LogP contribution in [0.3, 0.4) is 0 Å². The van der Waals surface area contributed by atoms with Gasteiger partial charge in [-0.05, 0) is 31.2 Å². The predicted octanol–water partition coefficient (Wildman–Crippen LogP) is 0.443. The summed E-state index contributed by atoms with van der Waals surface area (Å²) >= 11 is 0. The summed E-state index contributed by atoms with van der Waals surface area (Å²) in [7, 11) is -3.75. The molecular formula is C21H37N5O5S. The Morgan fingerprint density at radius 3 is 2.22 bits per heavy atom. The number of aliphatic hydroxyl groups is 1. The van der Waals surface area contributed by atoms with Crippen LogP contribution in [0.25, 0.3) is 0 Å². The van der Waals surface area contributed by atoms with Crippen LogP contribution in [0.1, 0.15) is 53.1 Å². The fourth-order valence-electron chi connectivity index (χ4n) is 2.97. The molecule has 0 saturated carbocycles. The number of nitrogen functional groups attached to an aromatic ring is 1. The first-order valence-corrected chi connectivity index (χ1v) is 12.2. The number of carbonyl (C=O) groups excluding carboxylic acids is 2. The van der Waals surface area contributed by atoms with Crippen LogP contribution in [0.15, 0.2) is 24.3 Å². The molecule has 32 heavy (non-hydrogen) atoms. The Kier molecular flexibility index (Phi) is 10.8. The van der Waals surface area contributed by atoms with Gasteiger partial charge in [-0.1, -0.05) is 45.0 Å². The Balaban J connectivity index is 0.0000102. The van der Waals surface area contributed by atoms with Gasteiger partial charge in [-0.25, -0.2) is 13.1 Å². The summed E-state index contributed by atoms with van der Waals surface area (Å²) in [6.45, 7) is 6.98. The molecule has 0 heterocycles. The van der Waals surface area contributed by atoms with Gasteiger partial charge in [-0.2, -0.15) is 0 Å². The van der Waals surface area contributed by atoms with Gasteiger partial charge in [0.1, 0.15) is 17.9 Å². The summed E-state index contributed by atoms with van der Waals surface area (Å²) in [5.41, 5.74) is 6.79. The van der Waals surface area contributed by atoms with Crippen molar-refractivity contribution in [1.82, 2.24) is 15.4 Å². The lowest BCUT2D eigenvalue weighted by molar-refractivity contribution is -0.131. The number of benzene rings is 1. The lowest BCUT2D eigenvalue weighted by Crippen LogP contribution is -2.57. The monoisotopic (exact) mass is 471 g/mol. The molecule has 0 aromatic heterocycles. The van der Waals surface area contributed by atoms with Crippen molar-refractivity contribution in [2.75, 3.05) is 5.75 Å². The van der Waals surface area contributed by atoms with Crippen molar-refractivity contribution >= 4 is 27.7 Å². The topological polar surface area (TPSA) is 174 Å². The van der Waals surface area contributed by atoms with Crippen molar-refractivity contribution in [3.8, 4) is 0 Å². The zero-order chi connectivity index (χ0) is 24.5. The minimum absolute atomic E-state index is 0. The number of sulfonamides is 1. The first-order valence-electron chi connectivity index (χ1n) is 10.6. The molecule has 1 aromatic carbocycles. The highest BCUT2D eigenvalue weighted by Crippen LogP contribution is 2.08. The molecule has 0 spiro atoms. The van der Waals surface area contributed by atoms with Crippen molar-refractivity contribution in [2.24, 2.45) is 11.7 Å². The maximum absolute atomic E-state index is 12.8. The average molecular weight is 472 g/mol. The minimum Gasteiger partial charge on any atom is -0.391 e. The molecule has 0 saturated heterocycles. The summed E-state index contributed by atoms with van der Waals surface area (Å²) in [6, 6.07) is 4.50. The summed E-state index contributed by atoms with van der Waals surface area (Å²) in [6.07, 6.45) is -0.603. The second-order valence-corrected chi connectivity index (χ2v) is 10.0. The average Bonchev–Trinajstić information content (AvgIpc) is 2.69. The predicted molar refractivity (Wildman–Crippen MR) is 125 cm³/mol. The number of nitrogens with two attached hydrogens (primary N) is 1. The van der Waals surface area contributed by atoms with Crippen molar-refractivity contribution in [1.29, 1.82) is 5.41 Å². The van der Waals surface area contributed by atoms with Crippen LogP contribution >= 0.6 is 0 Å². The van der Waals surface area contributed by atoms with Crippen LogP contribution in [-0.4, -0.2) is 55.1 Å². The molecule has 10 nitrogen and oxygen atoms in total. The Hall–Kier alpha value is -2.50. The maximum atomic E-state index is 12.8. The van der Waals surface area contributed by atoms with E-state index in [0.717, 1.165) is 5.56 Å². The molecule has 0 aliphatic heterocycles. The van der Waals surface area contributed by atoms with Gasteiger partial charge in [-0.3, -0.25) is 15.0 Å². The molecule has 0 bridgehead atoms. The van der Waals surface area contributed by atoms with Crippen LogP contribution in [0.5, 0.6) is 0 Å². The van der Waals surface area contributed by atoms with E-state index in [9.17, 15) is 23.1 Å². The number of aliphatic hydroxyl groups excluding tert-OH is 1. The number of hydrogen-bond acceptors (Lipinski definition) is 6. The van der Waals surface area contributed by atoms with Gasteiger partial charge in [0.15, 0.2) is 0 Å². The molecule has 0 aliphatic carbocycles. The zero-order valence-corrected chi connectivity index (χ0v) is 19.8. The SMILES string of the molecule is CCCS(=O)(=O)N[C@@H](C(=O)N[C@@H](CC(C)C)C(=O)NCc1ccc(C(=N)N)cc1)C(C)O.[HH]. The molecule has 1 rings (SSSR count). The van der Waals surface area contributed by atoms with Crippen molar-refractivity contribution in [2.45, 2.75) is 65.3 Å². The second kappa shape index (κ2) is 12.5. The molecular weight excluding hydrogens is 434 g/mol. The quantitative estimate of drug-likeness (QED) is 0.180. The van der Waals surface area contributed by atoms with Gasteiger partial charge in [-0.15, -0.1) is 0 Å². The third-order valence-corrected chi connectivity index (χ3v) is 6.17. The molecule has 2 amide bonds. The molecule has 1 unspecified atom stereocenters. The van der Waals surface area contributed by atoms with E-state index in [4.69, 9.17) is 11.1 Å². The van der Waals surface area contributed by atoms with Gasteiger partial charge in [0.25, 0.3) is 0 Å². The zero-order valence-electron chi connectivity index (χ0n) is 19.0. The number of rotatable bonds is 13.